The fourth-order valence-electron chi connectivity index (χ4n) is 2.67. The van der Waals surface area contributed by atoms with E-state index in [0.717, 1.165) is 11.3 Å². The fraction of sp³-hybridized carbons (Fsp3) is 0.294. The van der Waals surface area contributed by atoms with Crippen LogP contribution in [0, 0.1) is 0 Å². The lowest BCUT2D eigenvalue weighted by Crippen LogP contribution is -2.28. The van der Waals surface area contributed by atoms with Crippen LogP contribution in [-0.2, 0) is 9.53 Å². The second-order valence-corrected chi connectivity index (χ2v) is 4.77. The first kappa shape index (κ1) is 15.0. The van der Waals surface area contributed by atoms with Gasteiger partial charge in [0.1, 0.15) is 0 Å². The minimum absolute atomic E-state index is 0.0263. The first-order valence-corrected chi connectivity index (χ1v) is 6.98. The number of hydrogen-bond donors (Lipinski definition) is 0. The zero-order chi connectivity index (χ0) is 15.4. The molecule has 2 rings (SSSR count). The molecule has 1 aromatic rings. The predicted molar refractivity (Wildman–Crippen MR) is 82.5 cm³/mol. The lowest BCUT2D eigenvalue weighted by atomic mass is 9.93. The molecule has 1 aromatic carbocycles. The largest absolute Gasteiger partial charge is 0.462 e. The van der Waals surface area contributed by atoms with Crippen molar-refractivity contribution in [2.24, 2.45) is 0 Å². The van der Waals surface area contributed by atoms with E-state index in [2.05, 4.69) is 13.2 Å². The zero-order valence-electron chi connectivity index (χ0n) is 12.2. The highest BCUT2D eigenvalue weighted by atomic mass is 16.5. The first-order chi connectivity index (χ1) is 10.2. The Morgan fingerprint density at radius 1 is 1.38 bits per heavy atom. The Hall–Kier alpha value is -2.36. The van der Waals surface area contributed by atoms with Crippen LogP contribution >= 0.6 is 0 Å². The minimum atomic E-state index is -0.392. The lowest BCUT2D eigenvalue weighted by molar-refractivity contribution is -0.119. The number of esters is 1. The Labute approximate surface area is 124 Å². The molecule has 4 heteroatoms. The normalized spacial score (nSPS) is 16.5. The summed E-state index contributed by atoms with van der Waals surface area (Å²) in [6, 6.07) is 5.32. The third kappa shape index (κ3) is 2.61. The van der Waals surface area contributed by atoms with Crippen LogP contribution in [0.2, 0.25) is 0 Å². The van der Waals surface area contributed by atoms with Gasteiger partial charge in [0.05, 0.1) is 18.1 Å². The van der Waals surface area contributed by atoms with Crippen LogP contribution in [0.5, 0.6) is 0 Å². The Bertz CT molecular complexity index is 592. The molecule has 0 spiro atoms. The summed E-state index contributed by atoms with van der Waals surface area (Å²) < 4.78 is 5.10. The molecule has 1 aliphatic rings. The molecule has 1 unspecified atom stereocenters. The topological polar surface area (TPSA) is 46.6 Å². The van der Waals surface area contributed by atoms with Gasteiger partial charge in [0.25, 0.3) is 0 Å². The van der Waals surface area contributed by atoms with Gasteiger partial charge in [-0.2, -0.15) is 0 Å². The summed E-state index contributed by atoms with van der Waals surface area (Å²) in [4.78, 5) is 26.3. The van der Waals surface area contributed by atoms with Gasteiger partial charge in [0, 0.05) is 17.8 Å². The molecule has 0 aromatic heterocycles. The van der Waals surface area contributed by atoms with E-state index in [-0.39, 0.29) is 11.8 Å². The van der Waals surface area contributed by atoms with E-state index in [1.165, 1.54) is 0 Å². The molecule has 0 radical (unpaired) electrons. The first-order valence-electron chi connectivity index (χ1n) is 6.98. The third-order valence-corrected chi connectivity index (χ3v) is 3.50. The number of rotatable bonds is 6. The van der Waals surface area contributed by atoms with Gasteiger partial charge in [-0.3, -0.25) is 4.79 Å². The van der Waals surface area contributed by atoms with Crippen molar-refractivity contribution in [3.05, 3.63) is 54.6 Å². The summed E-state index contributed by atoms with van der Waals surface area (Å²) in [5.41, 5.74) is 1.96. The van der Waals surface area contributed by atoms with E-state index in [4.69, 9.17) is 4.74 Å². The molecule has 1 atom stereocenters. The van der Waals surface area contributed by atoms with Crippen molar-refractivity contribution in [1.29, 1.82) is 0 Å². The third-order valence-electron chi connectivity index (χ3n) is 3.50. The van der Waals surface area contributed by atoms with E-state index in [0.29, 0.717) is 25.1 Å². The van der Waals surface area contributed by atoms with Crippen molar-refractivity contribution in [2.45, 2.75) is 19.3 Å². The highest BCUT2D eigenvalue weighted by Gasteiger charge is 2.38. The Morgan fingerprint density at radius 3 is 2.76 bits per heavy atom. The average Bonchev–Trinajstić information content (AvgIpc) is 2.74. The van der Waals surface area contributed by atoms with E-state index in [9.17, 15) is 9.59 Å². The van der Waals surface area contributed by atoms with Gasteiger partial charge >= 0.3 is 5.97 Å². The molecule has 0 N–H and O–H groups in total. The van der Waals surface area contributed by atoms with Crippen molar-refractivity contribution in [1.82, 2.24) is 0 Å². The van der Waals surface area contributed by atoms with Gasteiger partial charge in [0.2, 0.25) is 5.91 Å². The predicted octanol–water partition coefficient (Wildman–Crippen LogP) is 3.06. The van der Waals surface area contributed by atoms with Crippen LogP contribution in [-0.4, -0.2) is 25.0 Å². The van der Waals surface area contributed by atoms with Gasteiger partial charge in [-0.15, -0.1) is 13.2 Å². The fourth-order valence-corrected chi connectivity index (χ4v) is 2.67. The zero-order valence-corrected chi connectivity index (χ0v) is 12.2. The average molecular weight is 285 g/mol. The molecule has 110 valence electrons. The maximum absolute atomic E-state index is 12.6. The second kappa shape index (κ2) is 6.39. The molecule has 4 nitrogen and oxygen atoms in total. The molecule has 1 heterocycles. The Balaban J connectivity index is 2.55. The van der Waals surface area contributed by atoms with Crippen molar-refractivity contribution in [3.8, 4) is 0 Å². The molecular weight excluding hydrogens is 266 g/mol. The molecule has 0 fully saturated rings. The van der Waals surface area contributed by atoms with Crippen LogP contribution in [0.25, 0.3) is 0 Å². The standard InChI is InChI=1S/C17H19NO3/c1-4-8-12-15-13(17(20)21-6-3)9-7-10-14(15)18(11-5-2)16(12)19/h4-5,7,9-10,12H,1-2,6,8,11H2,3H3. The summed E-state index contributed by atoms with van der Waals surface area (Å²) >= 11 is 0. The molecule has 1 amide bonds. The Morgan fingerprint density at radius 2 is 2.14 bits per heavy atom. The number of amides is 1. The van der Waals surface area contributed by atoms with E-state index in [1.807, 2.05) is 6.07 Å². The molecule has 21 heavy (non-hydrogen) atoms. The smallest absolute Gasteiger partial charge is 0.338 e. The molecular formula is C17H19NO3. The lowest BCUT2D eigenvalue weighted by Gasteiger charge is -2.15. The van der Waals surface area contributed by atoms with Crippen molar-refractivity contribution >= 4 is 17.6 Å². The summed E-state index contributed by atoms with van der Waals surface area (Å²) in [5.74, 6) is -0.795. The molecule has 0 aliphatic carbocycles. The number of fused-ring (bicyclic) bond motifs is 1. The summed E-state index contributed by atoms with van der Waals surface area (Å²) in [6.07, 6.45) is 3.87. The molecule has 1 aliphatic heterocycles. The summed E-state index contributed by atoms with van der Waals surface area (Å²) in [5, 5.41) is 0. The highest BCUT2D eigenvalue weighted by Crippen LogP contribution is 2.41. The van der Waals surface area contributed by atoms with Crippen LogP contribution in [0.15, 0.2) is 43.5 Å². The second-order valence-electron chi connectivity index (χ2n) is 4.77. The number of carbonyl (C=O) groups excluding carboxylic acids is 2. The molecule has 0 saturated heterocycles. The molecule has 0 saturated carbocycles. The van der Waals surface area contributed by atoms with Crippen molar-refractivity contribution < 1.29 is 14.3 Å². The maximum Gasteiger partial charge on any atom is 0.338 e. The minimum Gasteiger partial charge on any atom is -0.462 e. The van der Waals surface area contributed by atoms with Gasteiger partial charge in [-0.25, -0.2) is 4.79 Å². The van der Waals surface area contributed by atoms with Crippen molar-refractivity contribution in [2.75, 3.05) is 18.1 Å². The number of carbonyl (C=O) groups is 2. The van der Waals surface area contributed by atoms with Crippen LogP contribution in [0.3, 0.4) is 0 Å². The van der Waals surface area contributed by atoms with E-state index >= 15 is 0 Å². The number of benzene rings is 1. The van der Waals surface area contributed by atoms with Crippen LogP contribution in [0.4, 0.5) is 5.69 Å². The van der Waals surface area contributed by atoms with Gasteiger partial charge in [-0.05, 0) is 25.5 Å². The Kier molecular flexibility index (Phi) is 4.58. The number of hydrogen-bond acceptors (Lipinski definition) is 3. The number of anilines is 1. The highest BCUT2D eigenvalue weighted by molar-refractivity contribution is 6.09. The van der Waals surface area contributed by atoms with Gasteiger partial charge in [-0.1, -0.05) is 18.2 Å². The van der Waals surface area contributed by atoms with E-state index < -0.39 is 5.97 Å². The summed E-state index contributed by atoms with van der Waals surface area (Å²) in [7, 11) is 0. The van der Waals surface area contributed by atoms with Gasteiger partial charge < -0.3 is 9.64 Å². The molecule has 0 bridgehead atoms. The van der Waals surface area contributed by atoms with Crippen LogP contribution < -0.4 is 4.90 Å². The van der Waals surface area contributed by atoms with E-state index in [1.54, 1.807) is 36.1 Å². The van der Waals surface area contributed by atoms with Crippen LogP contribution in [0.1, 0.15) is 35.2 Å². The summed E-state index contributed by atoms with van der Waals surface area (Å²) in [6.45, 7) is 9.88. The monoisotopic (exact) mass is 285 g/mol. The van der Waals surface area contributed by atoms with Gasteiger partial charge in [0.15, 0.2) is 0 Å². The number of ether oxygens (including phenoxy) is 1. The maximum atomic E-state index is 12.6. The quantitative estimate of drug-likeness (QED) is 0.596. The van der Waals surface area contributed by atoms with Crippen molar-refractivity contribution in [3.63, 3.8) is 0 Å². The number of allylic oxidation sites excluding steroid dienone is 1. The number of nitrogens with zero attached hydrogens (tertiary/aromatic N) is 1. The SMILES string of the molecule is C=CCC1C(=O)N(CC=C)c2cccc(C(=O)OCC)c21.